The van der Waals surface area contributed by atoms with Crippen molar-refractivity contribution in [1.82, 2.24) is 10.6 Å². The van der Waals surface area contributed by atoms with E-state index in [1.807, 2.05) is 30.3 Å². The lowest BCUT2D eigenvalue weighted by Crippen LogP contribution is -2.44. The molecule has 0 saturated heterocycles. The first-order chi connectivity index (χ1) is 13.4. The van der Waals surface area contributed by atoms with Gasteiger partial charge < -0.3 is 19.5 Å². The van der Waals surface area contributed by atoms with Gasteiger partial charge in [0.2, 0.25) is 0 Å². The van der Waals surface area contributed by atoms with Gasteiger partial charge in [0.05, 0.1) is 19.8 Å². The SMILES string of the molecule is COC(=O)c1ccc(O[C@H](C)C(=O)NC(=O)NCc2ccccc2)c(OC)c1. The van der Waals surface area contributed by atoms with Gasteiger partial charge in [0, 0.05) is 6.54 Å². The van der Waals surface area contributed by atoms with E-state index in [-0.39, 0.29) is 23.6 Å². The molecule has 1 atom stereocenters. The molecule has 0 aliphatic carbocycles. The van der Waals surface area contributed by atoms with Gasteiger partial charge in [-0.05, 0) is 30.7 Å². The number of carbonyl (C=O) groups excluding carboxylic acids is 3. The molecule has 0 saturated carbocycles. The Bertz CT molecular complexity index is 838. The molecule has 2 aromatic rings. The summed E-state index contributed by atoms with van der Waals surface area (Å²) in [5, 5.41) is 4.81. The number of imide groups is 1. The van der Waals surface area contributed by atoms with Gasteiger partial charge in [-0.2, -0.15) is 0 Å². The van der Waals surface area contributed by atoms with Crippen LogP contribution in [0.25, 0.3) is 0 Å². The Hall–Kier alpha value is -3.55. The van der Waals surface area contributed by atoms with Crippen LogP contribution in [0.15, 0.2) is 48.5 Å². The Morgan fingerprint density at radius 2 is 1.71 bits per heavy atom. The van der Waals surface area contributed by atoms with Crippen LogP contribution in [0.3, 0.4) is 0 Å². The summed E-state index contributed by atoms with van der Waals surface area (Å²) in [4.78, 5) is 35.6. The third-order valence-corrected chi connectivity index (χ3v) is 3.79. The lowest BCUT2D eigenvalue weighted by Gasteiger charge is -2.17. The van der Waals surface area contributed by atoms with Crippen molar-refractivity contribution in [3.05, 3.63) is 59.7 Å². The number of amides is 3. The second kappa shape index (κ2) is 9.96. The number of nitrogens with one attached hydrogen (secondary N) is 2. The van der Waals surface area contributed by atoms with Gasteiger partial charge in [-0.1, -0.05) is 30.3 Å². The maximum Gasteiger partial charge on any atom is 0.337 e. The normalized spacial score (nSPS) is 11.1. The van der Waals surface area contributed by atoms with Crippen LogP contribution in [0.2, 0.25) is 0 Å². The number of urea groups is 1. The Morgan fingerprint density at radius 3 is 2.36 bits per heavy atom. The summed E-state index contributed by atoms with van der Waals surface area (Å²) in [6, 6.07) is 13.1. The monoisotopic (exact) mass is 386 g/mol. The number of rotatable bonds is 7. The van der Waals surface area contributed by atoms with Crippen LogP contribution in [0.4, 0.5) is 4.79 Å². The Balaban J connectivity index is 1.92. The van der Waals surface area contributed by atoms with Crippen molar-refractivity contribution in [3.8, 4) is 11.5 Å². The summed E-state index contributed by atoms with van der Waals surface area (Å²) in [7, 11) is 2.68. The van der Waals surface area contributed by atoms with E-state index in [0.717, 1.165) is 5.56 Å². The van der Waals surface area contributed by atoms with Gasteiger partial charge in [-0.15, -0.1) is 0 Å². The predicted molar refractivity (Wildman–Crippen MR) is 101 cm³/mol. The number of hydrogen-bond donors (Lipinski definition) is 2. The van der Waals surface area contributed by atoms with Crippen LogP contribution in [0.1, 0.15) is 22.8 Å². The summed E-state index contributed by atoms with van der Waals surface area (Å²) in [6.45, 7) is 1.78. The molecule has 2 aromatic carbocycles. The molecule has 0 aliphatic heterocycles. The first-order valence-corrected chi connectivity index (χ1v) is 8.50. The minimum absolute atomic E-state index is 0.252. The highest BCUT2D eigenvalue weighted by molar-refractivity contribution is 5.96. The van der Waals surface area contributed by atoms with Crippen molar-refractivity contribution in [3.63, 3.8) is 0 Å². The summed E-state index contributed by atoms with van der Waals surface area (Å²) < 4.78 is 15.4. The number of carbonyl (C=O) groups is 3. The summed E-state index contributed by atoms with van der Waals surface area (Å²) in [5.41, 5.74) is 1.19. The molecular formula is C20H22N2O6. The third kappa shape index (κ3) is 5.73. The van der Waals surface area contributed by atoms with E-state index < -0.39 is 24.0 Å². The zero-order valence-corrected chi connectivity index (χ0v) is 15.9. The second-order valence-corrected chi connectivity index (χ2v) is 5.77. The molecule has 0 heterocycles. The van der Waals surface area contributed by atoms with Gasteiger partial charge in [-0.3, -0.25) is 10.1 Å². The molecule has 0 radical (unpaired) electrons. The lowest BCUT2D eigenvalue weighted by atomic mass is 10.2. The Labute approximate surface area is 162 Å². The molecule has 8 heteroatoms. The number of ether oxygens (including phenoxy) is 3. The molecule has 2 rings (SSSR count). The van der Waals surface area contributed by atoms with Crippen molar-refractivity contribution in [2.45, 2.75) is 19.6 Å². The van der Waals surface area contributed by atoms with Crippen LogP contribution in [-0.4, -0.2) is 38.2 Å². The quantitative estimate of drug-likeness (QED) is 0.708. The highest BCUT2D eigenvalue weighted by Gasteiger charge is 2.20. The van der Waals surface area contributed by atoms with Gasteiger partial charge in [0.15, 0.2) is 17.6 Å². The minimum atomic E-state index is -0.972. The molecule has 0 aromatic heterocycles. The molecule has 0 unspecified atom stereocenters. The third-order valence-electron chi connectivity index (χ3n) is 3.79. The maximum atomic E-state index is 12.2. The first kappa shape index (κ1) is 20.8. The molecule has 3 amide bonds. The van der Waals surface area contributed by atoms with Crippen LogP contribution >= 0.6 is 0 Å². The number of benzene rings is 2. The first-order valence-electron chi connectivity index (χ1n) is 8.50. The summed E-state index contributed by atoms with van der Waals surface area (Å²) in [6.07, 6.45) is -0.972. The van der Waals surface area contributed by atoms with Gasteiger partial charge in [0.1, 0.15) is 0 Å². The van der Waals surface area contributed by atoms with Gasteiger partial charge in [-0.25, -0.2) is 9.59 Å². The van der Waals surface area contributed by atoms with Crippen LogP contribution in [0, 0.1) is 0 Å². The second-order valence-electron chi connectivity index (χ2n) is 5.77. The largest absolute Gasteiger partial charge is 0.493 e. The fourth-order valence-electron chi connectivity index (χ4n) is 2.29. The van der Waals surface area contributed by atoms with E-state index in [9.17, 15) is 14.4 Å². The molecule has 0 spiro atoms. The van der Waals surface area contributed by atoms with E-state index in [0.29, 0.717) is 0 Å². The van der Waals surface area contributed by atoms with E-state index >= 15 is 0 Å². The predicted octanol–water partition coefficient (Wildman–Crippen LogP) is 2.28. The molecule has 148 valence electrons. The van der Waals surface area contributed by atoms with Gasteiger partial charge >= 0.3 is 12.0 Å². The van der Waals surface area contributed by atoms with Gasteiger partial charge in [0.25, 0.3) is 5.91 Å². The van der Waals surface area contributed by atoms with E-state index in [2.05, 4.69) is 15.4 Å². The van der Waals surface area contributed by atoms with Crippen molar-refractivity contribution in [1.29, 1.82) is 0 Å². The number of hydrogen-bond acceptors (Lipinski definition) is 6. The number of esters is 1. The van der Waals surface area contributed by atoms with Crippen LogP contribution in [-0.2, 0) is 16.1 Å². The average molecular weight is 386 g/mol. The van der Waals surface area contributed by atoms with E-state index in [1.165, 1.54) is 39.3 Å². The van der Waals surface area contributed by atoms with Crippen molar-refractivity contribution >= 4 is 17.9 Å². The maximum absolute atomic E-state index is 12.2. The fourth-order valence-corrected chi connectivity index (χ4v) is 2.29. The highest BCUT2D eigenvalue weighted by Crippen LogP contribution is 2.29. The van der Waals surface area contributed by atoms with Crippen molar-refractivity contribution < 1.29 is 28.6 Å². The molecule has 0 aliphatic rings. The minimum Gasteiger partial charge on any atom is -0.493 e. The van der Waals surface area contributed by atoms with Crippen molar-refractivity contribution in [2.75, 3.05) is 14.2 Å². The van der Waals surface area contributed by atoms with Crippen LogP contribution in [0.5, 0.6) is 11.5 Å². The molecule has 0 fully saturated rings. The number of methoxy groups -OCH3 is 2. The summed E-state index contributed by atoms with van der Waals surface area (Å²) in [5.74, 6) is -0.631. The van der Waals surface area contributed by atoms with Crippen molar-refractivity contribution in [2.24, 2.45) is 0 Å². The topological polar surface area (TPSA) is 103 Å². The zero-order valence-electron chi connectivity index (χ0n) is 15.9. The fraction of sp³-hybridized carbons (Fsp3) is 0.250. The summed E-state index contributed by atoms with van der Waals surface area (Å²) >= 11 is 0. The van der Waals surface area contributed by atoms with E-state index in [1.54, 1.807) is 0 Å². The molecule has 2 N–H and O–H groups in total. The lowest BCUT2D eigenvalue weighted by molar-refractivity contribution is -0.126. The van der Waals surface area contributed by atoms with Crippen LogP contribution < -0.4 is 20.1 Å². The van der Waals surface area contributed by atoms with E-state index in [4.69, 9.17) is 9.47 Å². The standard InChI is InChI=1S/C20H22N2O6/c1-13(18(23)22-20(25)21-12-14-7-5-4-6-8-14)28-16-10-9-15(19(24)27-3)11-17(16)26-2/h4-11,13H,12H2,1-3H3,(H2,21,22,23,25)/t13-/m1/s1. The smallest absolute Gasteiger partial charge is 0.337 e. The molecule has 0 bridgehead atoms. The Kier molecular flexibility index (Phi) is 7.38. The molecule has 8 nitrogen and oxygen atoms in total. The highest BCUT2D eigenvalue weighted by atomic mass is 16.5. The molecule has 28 heavy (non-hydrogen) atoms. The Morgan fingerprint density at radius 1 is 1.00 bits per heavy atom. The molecular weight excluding hydrogens is 364 g/mol. The average Bonchev–Trinajstić information content (AvgIpc) is 2.72. The zero-order chi connectivity index (χ0) is 20.5.